The van der Waals surface area contributed by atoms with E-state index in [1.807, 2.05) is 24.5 Å². The summed E-state index contributed by atoms with van der Waals surface area (Å²) in [7, 11) is 0. The van der Waals surface area contributed by atoms with E-state index in [-0.39, 0.29) is 5.41 Å². The highest BCUT2D eigenvalue weighted by Crippen LogP contribution is 2.45. The summed E-state index contributed by atoms with van der Waals surface area (Å²) in [6, 6.07) is 6.42. The minimum Gasteiger partial charge on any atom is -0.398 e. The van der Waals surface area contributed by atoms with Gasteiger partial charge < -0.3 is 15.8 Å². The molecule has 2 unspecified atom stereocenters. The molecule has 0 bridgehead atoms. The van der Waals surface area contributed by atoms with Gasteiger partial charge in [-0.25, -0.2) is 0 Å². The number of hydrogen-bond donors (Lipinski definition) is 2. The number of nitrogens with zero attached hydrogens (tertiary/aromatic N) is 1. The van der Waals surface area contributed by atoms with Crippen molar-refractivity contribution in [2.75, 3.05) is 17.7 Å². The maximum atomic E-state index is 6.03. The molecule has 1 fully saturated rings. The topological polar surface area (TPSA) is 60.2 Å². The van der Waals surface area contributed by atoms with E-state index in [0.29, 0.717) is 12.1 Å². The second-order valence-electron chi connectivity index (χ2n) is 6.32. The van der Waals surface area contributed by atoms with Gasteiger partial charge in [0, 0.05) is 52.6 Å². The van der Waals surface area contributed by atoms with Gasteiger partial charge in [0.2, 0.25) is 0 Å². The Hall–Kier alpha value is -1.81. The second-order valence-corrected chi connectivity index (χ2v) is 6.32. The van der Waals surface area contributed by atoms with Crippen LogP contribution >= 0.6 is 0 Å². The summed E-state index contributed by atoms with van der Waals surface area (Å²) in [5.41, 5.74) is 8.05. The van der Waals surface area contributed by atoms with Gasteiger partial charge >= 0.3 is 0 Å². The highest BCUT2D eigenvalue weighted by Gasteiger charge is 2.48. The number of anilines is 2. The first-order valence-electron chi connectivity index (χ1n) is 7.54. The average Bonchev–Trinajstić information content (AvgIpc) is 2.49. The highest BCUT2D eigenvalue weighted by atomic mass is 16.5. The Labute approximate surface area is 125 Å². The number of nitrogens with two attached hydrogens (primary N) is 1. The van der Waals surface area contributed by atoms with E-state index in [9.17, 15) is 0 Å². The van der Waals surface area contributed by atoms with Crippen LogP contribution < -0.4 is 11.1 Å². The molecule has 4 heteroatoms. The molecular formula is C17H23N3O. The predicted molar refractivity (Wildman–Crippen MR) is 87.4 cm³/mol. The van der Waals surface area contributed by atoms with E-state index in [1.54, 1.807) is 0 Å². The molecule has 1 heterocycles. The number of ether oxygens (including phenoxy) is 1. The summed E-state index contributed by atoms with van der Waals surface area (Å²) < 4.78 is 5.80. The Balaban J connectivity index is 1.85. The summed E-state index contributed by atoms with van der Waals surface area (Å²) >= 11 is 0. The molecule has 2 aromatic rings. The first-order chi connectivity index (χ1) is 10.0. The molecule has 0 saturated heterocycles. The van der Waals surface area contributed by atoms with Crippen LogP contribution in [0.2, 0.25) is 0 Å². The van der Waals surface area contributed by atoms with Gasteiger partial charge in [-0.2, -0.15) is 0 Å². The van der Waals surface area contributed by atoms with Gasteiger partial charge in [-0.15, -0.1) is 0 Å². The maximum Gasteiger partial charge on any atom is 0.0665 e. The van der Waals surface area contributed by atoms with Gasteiger partial charge in [-0.1, -0.05) is 13.8 Å². The number of rotatable bonds is 4. The molecule has 3 rings (SSSR count). The fourth-order valence-corrected chi connectivity index (χ4v) is 3.14. The number of nitrogens with one attached hydrogen (secondary N) is 1. The Morgan fingerprint density at radius 3 is 2.86 bits per heavy atom. The van der Waals surface area contributed by atoms with Crippen molar-refractivity contribution in [1.82, 2.24) is 4.98 Å². The molecule has 1 aromatic heterocycles. The number of aromatic nitrogens is 1. The molecule has 4 nitrogen and oxygen atoms in total. The van der Waals surface area contributed by atoms with Gasteiger partial charge in [0.15, 0.2) is 0 Å². The Kier molecular flexibility index (Phi) is 3.49. The molecule has 112 valence electrons. The summed E-state index contributed by atoms with van der Waals surface area (Å²) in [6.07, 6.45) is 5.01. The largest absolute Gasteiger partial charge is 0.398 e. The highest BCUT2D eigenvalue weighted by molar-refractivity contribution is 6.00. The number of nitrogen functional groups attached to an aromatic ring is 1. The zero-order valence-electron chi connectivity index (χ0n) is 12.9. The standard InChI is InChI=1S/C17H23N3O/c1-4-21-16-9-15(17(16,2)3)20-14-6-5-13(18)12-10-19-8-7-11(12)14/h5-8,10,15-16,20H,4,9,18H2,1-3H3. The van der Waals surface area contributed by atoms with Gasteiger partial charge in [-0.3, -0.25) is 4.98 Å². The van der Waals surface area contributed by atoms with E-state index in [1.165, 1.54) is 0 Å². The number of pyridine rings is 1. The third-order valence-electron chi connectivity index (χ3n) is 4.73. The molecule has 3 N–H and O–H groups in total. The number of hydrogen-bond acceptors (Lipinski definition) is 4. The monoisotopic (exact) mass is 285 g/mol. The van der Waals surface area contributed by atoms with Crippen LogP contribution in [-0.4, -0.2) is 23.7 Å². The molecule has 1 aromatic carbocycles. The molecule has 0 aliphatic heterocycles. The Morgan fingerprint density at radius 2 is 2.14 bits per heavy atom. The molecule has 1 aliphatic rings. The third kappa shape index (κ3) is 2.33. The minimum atomic E-state index is 0.136. The number of fused-ring (bicyclic) bond motifs is 1. The van der Waals surface area contributed by atoms with Gasteiger partial charge in [0.25, 0.3) is 0 Å². The first kappa shape index (κ1) is 14.1. The lowest BCUT2D eigenvalue weighted by Gasteiger charge is -2.52. The molecule has 0 radical (unpaired) electrons. The third-order valence-corrected chi connectivity index (χ3v) is 4.73. The van der Waals surface area contributed by atoms with E-state index >= 15 is 0 Å². The zero-order valence-corrected chi connectivity index (χ0v) is 12.9. The molecule has 1 saturated carbocycles. The zero-order chi connectivity index (χ0) is 15.0. The van der Waals surface area contributed by atoms with Crippen LogP contribution in [0.1, 0.15) is 27.2 Å². The van der Waals surface area contributed by atoms with Crippen molar-refractivity contribution in [3.8, 4) is 0 Å². The molecule has 21 heavy (non-hydrogen) atoms. The van der Waals surface area contributed by atoms with Crippen molar-refractivity contribution in [2.24, 2.45) is 5.41 Å². The van der Waals surface area contributed by atoms with E-state index in [2.05, 4.69) is 37.1 Å². The SMILES string of the molecule is CCOC1CC(Nc2ccc(N)c3cnccc23)C1(C)C. The lowest BCUT2D eigenvalue weighted by atomic mass is 9.64. The predicted octanol–water partition coefficient (Wildman–Crippen LogP) is 3.43. The van der Waals surface area contributed by atoms with Gasteiger partial charge in [-0.05, 0) is 31.5 Å². The first-order valence-corrected chi connectivity index (χ1v) is 7.54. The van der Waals surface area contributed by atoms with E-state index in [0.717, 1.165) is 35.2 Å². The smallest absolute Gasteiger partial charge is 0.0665 e. The van der Waals surface area contributed by atoms with E-state index in [4.69, 9.17) is 10.5 Å². The summed E-state index contributed by atoms with van der Waals surface area (Å²) in [6.45, 7) is 7.35. The lowest BCUT2D eigenvalue weighted by molar-refractivity contribution is -0.0975. The Bertz CT molecular complexity index is 654. The number of benzene rings is 1. The summed E-state index contributed by atoms with van der Waals surface area (Å²) in [5.74, 6) is 0. The minimum absolute atomic E-state index is 0.136. The fourth-order valence-electron chi connectivity index (χ4n) is 3.14. The molecule has 0 amide bonds. The molecular weight excluding hydrogens is 262 g/mol. The van der Waals surface area contributed by atoms with Crippen molar-refractivity contribution in [3.05, 3.63) is 30.6 Å². The van der Waals surface area contributed by atoms with Gasteiger partial charge in [0.05, 0.1) is 6.10 Å². The van der Waals surface area contributed by atoms with Crippen molar-refractivity contribution < 1.29 is 4.74 Å². The van der Waals surface area contributed by atoms with Crippen LogP contribution in [0.5, 0.6) is 0 Å². The lowest BCUT2D eigenvalue weighted by Crippen LogP contribution is -2.58. The molecule has 2 atom stereocenters. The summed E-state index contributed by atoms with van der Waals surface area (Å²) in [5, 5.41) is 5.79. The second kappa shape index (κ2) is 5.19. The average molecular weight is 285 g/mol. The van der Waals surface area contributed by atoms with Crippen LogP contribution in [0.15, 0.2) is 30.6 Å². The van der Waals surface area contributed by atoms with Crippen LogP contribution in [0.25, 0.3) is 10.8 Å². The van der Waals surface area contributed by atoms with Crippen molar-refractivity contribution in [2.45, 2.75) is 39.3 Å². The maximum absolute atomic E-state index is 6.03. The van der Waals surface area contributed by atoms with Crippen LogP contribution in [0, 0.1) is 5.41 Å². The van der Waals surface area contributed by atoms with Crippen molar-refractivity contribution in [1.29, 1.82) is 0 Å². The van der Waals surface area contributed by atoms with Crippen molar-refractivity contribution in [3.63, 3.8) is 0 Å². The Morgan fingerprint density at radius 1 is 1.33 bits per heavy atom. The molecule has 0 spiro atoms. The van der Waals surface area contributed by atoms with Crippen LogP contribution in [0.4, 0.5) is 11.4 Å². The fraction of sp³-hybridized carbons (Fsp3) is 0.471. The van der Waals surface area contributed by atoms with Crippen LogP contribution in [0.3, 0.4) is 0 Å². The summed E-state index contributed by atoms with van der Waals surface area (Å²) in [4.78, 5) is 4.17. The molecule has 1 aliphatic carbocycles. The van der Waals surface area contributed by atoms with E-state index < -0.39 is 0 Å². The van der Waals surface area contributed by atoms with Gasteiger partial charge in [0.1, 0.15) is 0 Å². The quantitative estimate of drug-likeness (QED) is 0.845. The normalized spacial score (nSPS) is 23.8. The van der Waals surface area contributed by atoms with Crippen molar-refractivity contribution >= 4 is 22.1 Å². The van der Waals surface area contributed by atoms with Crippen LogP contribution in [-0.2, 0) is 4.74 Å².